The molecular weight excluding hydrogens is 260 g/mol. The van der Waals surface area contributed by atoms with Gasteiger partial charge in [-0.1, -0.05) is 0 Å². The molecule has 0 bridgehead atoms. The number of aryl methyl sites for hydroxylation is 2. The van der Waals surface area contributed by atoms with Gasteiger partial charge in [-0.2, -0.15) is 0 Å². The van der Waals surface area contributed by atoms with Crippen LogP contribution in [0.15, 0.2) is 6.33 Å². The number of carbonyl (C=O) groups excluding carboxylic acids is 1. The number of amides is 1. The van der Waals surface area contributed by atoms with Crippen molar-refractivity contribution in [3.05, 3.63) is 16.8 Å². The molecule has 0 saturated heterocycles. The number of anilines is 1. The first-order chi connectivity index (χ1) is 9.13. The summed E-state index contributed by atoms with van der Waals surface area (Å²) in [5.41, 5.74) is 1.21. The summed E-state index contributed by atoms with van der Waals surface area (Å²) >= 11 is 1.67. The number of hydrogen-bond acceptors (Lipinski definition) is 5. The Kier molecular flexibility index (Phi) is 4.31. The predicted molar refractivity (Wildman–Crippen MR) is 78.7 cm³/mol. The maximum Gasteiger partial charge on any atom is 0.221 e. The quantitative estimate of drug-likeness (QED) is 0.880. The molecule has 102 valence electrons. The van der Waals surface area contributed by atoms with Gasteiger partial charge in [0.15, 0.2) is 0 Å². The van der Waals surface area contributed by atoms with Crippen molar-refractivity contribution in [2.75, 3.05) is 18.4 Å². The Morgan fingerprint density at radius 1 is 1.37 bits per heavy atom. The van der Waals surface area contributed by atoms with E-state index in [-0.39, 0.29) is 5.91 Å². The van der Waals surface area contributed by atoms with Gasteiger partial charge in [0.05, 0.1) is 5.39 Å². The fourth-order valence-corrected chi connectivity index (χ4v) is 2.89. The van der Waals surface area contributed by atoms with Gasteiger partial charge in [-0.05, 0) is 26.3 Å². The van der Waals surface area contributed by atoms with Crippen LogP contribution >= 0.6 is 11.3 Å². The van der Waals surface area contributed by atoms with Crippen LogP contribution in [0.1, 0.15) is 23.8 Å². The summed E-state index contributed by atoms with van der Waals surface area (Å²) in [5, 5.41) is 7.07. The lowest BCUT2D eigenvalue weighted by molar-refractivity contribution is -0.120. The molecule has 0 radical (unpaired) electrons. The van der Waals surface area contributed by atoms with Crippen LogP contribution in [0.2, 0.25) is 0 Å². The molecule has 0 aliphatic rings. The van der Waals surface area contributed by atoms with Crippen molar-refractivity contribution in [2.45, 2.75) is 27.2 Å². The molecule has 2 aromatic rings. The Balaban J connectivity index is 2.10. The maximum atomic E-state index is 11.4. The average molecular weight is 278 g/mol. The normalized spacial score (nSPS) is 10.7. The first kappa shape index (κ1) is 13.7. The van der Waals surface area contributed by atoms with E-state index < -0.39 is 0 Å². The van der Waals surface area contributed by atoms with Crippen LogP contribution in [0.25, 0.3) is 10.2 Å². The van der Waals surface area contributed by atoms with Gasteiger partial charge < -0.3 is 10.6 Å². The number of nitrogens with zero attached hydrogens (tertiary/aromatic N) is 2. The zero-order chi connectivity index (χ0) is 13.8. The summed E-state index contributed by atoms with van der Waals surface area (Å²) in [6.45, 7) is 7.31. The average Bonchev–Trinajstić information content (AvgIpc) is 2.66. The van der Waals surface area contributed by atoms with Crippen LogP contribution in [0.4, 0.5) is 5.82 Å². The van der Waals surface area contributed by atoms with Gasteiger partial charge in [0.25, 0.3) is 0 Å². The molecule has 0 spiro atoms. The Morgan fingerprint density at radius 3 is 2.89 bits per heavy atom. The second kappa shape index (κ2) is 5.97. The largest absolute Gasteiger partial charge is 0.369 e. The number of nitrogens with one attached hydrogen (secondary N) is 2. The number of carbonyl (C=O) groups is 1. The third kappa shape index (κ3) is 3.01. The first-order valence-corrected chi connectivity index (χ1v) is 7.16. The van der Waals surface area contributed by atoms with E-state index in [4.69, 9.17) is 0 Å². The summed E-state index contributed by atoms with van der Waals surface area (Å²) in [6, 6.07) is 0. The topological polar surface area (TPSA) is 66.9 Å². The molecule has 19 heavy (non-hydrogen) atoms. The second-order valence-corrected chi connectivity index (χ2v) is 5.52. The Bertz CT molecular complexity index is 594. The van der Waals surface area contributed by atoms with Crippen molar-refractivity contribution in [3.63, 3.8) is 0 Å². The first-order valence-electron chi connectivity index (χ1n) is 6.34. The van der Waals surface area contributed by atoms with Gasteiger partial charge in [-0.25, -0.2) is 9.97 Å². The molecule has 2 N–H and O–H groups in total. The molecule has 0 unspecified atom stereocenters. The van der Waals surface area contributed by atoms with Crippen molar-refractivity contribution < 1.29 is 4.79 Å². The molecule has 5 nitrogen and oxygen atoms in total. The highest BCUT2D eigenvalue weighted by Gasteiger charge is 2.11. The fraction of sp³-hybridized carbons (Fsp3) is 0.462. The molecule has 2 rings (SSSR count). The van der Waals surface area contributed by atoms with E-state index in [9.17, 15) is 4.79 Å². The van der Waals surface area contributed by atoms with E-state index in [1.165, 1.54) is 10.4 Å². The number of rotatable bonds is 5. The minimum Gasteiger partial charge on any atom is -0.369 e. The summed E-state index contributed by atoms with van der Waals surface area (Å²) in [7, 11) is 0. The lowest BCUT2D eigenvalue weighted by Crippen LogP contribution is -2.24. The standard InChI is InChI=1S/C13H18N4OS/c1-4-14-10(18)5-6-15-12-11-8(2)9(3)19-13(11)17-7-16-12/h7H,4-6H2,1-3H3,(H,14,18)(H,15,16,17). The summed E-state index contributed by atoms with van der Waals surface area (Å²) in [4.78, 5) is 22.2. The van der Waals surface area contributed by atoms with E-state index in [1.807, 2.05) is 6.92 Å². The van der Waals surface area contributed by atoms with Gasteiger partial charge in [0.1, 0.15) is 17.0 Å². The van der Waals surface area contributed by atoms with E-state index in [2.05, 4.69) is 34.4 Å². The number of aromatic nitrogens is 2. The summed E-state index contributed by atoms with van der Waals surface area (Å²) in [5.74, 6) is 0.870. The van der Waals surface area contributed by atoms with Gasteiger partial charge in [-0.15, -0.1) is 11.3 Å². The maximum absolute atomic E-state index is 11.4. The minimum absolute atomic E-state index is 0.0542. The Labute approximate surface area is 116 Å². The number of thiophene rings is 1. The zero-order valence-corrected chi connectivity index (χ0v) is 12.2. The highest BCUT2D eigenvalue weighted by molar-refractivity contribution is 7.18. The number of fused-ring (bicyclic) bond motifs is 1. The van der Waals surface area contributed by atoms with E-state index >= 15 is 0 Å². The van der Waals surface area contributed by atoms with Gasteiger partial charge >= 0.3 is 0 Å². The van der Waals surface area contributed by atoms with E-state index in [0.29, 0.717) is 19.5 Å². The molecule has 0 fully saturated rings. The molecule has 0 atom stereocenters. The van der Waals surface area contributed by atoms with Crippen LogP contribution in [0.3, 0.4) is 0 Å². The smallest absolute Gasteiger partial charge is 0.221 e. The molecule has 0 aromatic carbocycles. The van der Waals surface area contributed by atoms with Crippen molar-refractivity contribution in [2.24, 2.45) is 0 Å². The monoisotopic (exact) mass is 278 g/mol. The second-order valence-electron chi connectivity index (χ2n) is 4.32. The van der Waals surface area contributed by atoms with Gasteiger partial charge in [0, 0.05) is 24.4 Å². The van der Waals surface area contributed by atoms with Crippen LogP contribution in [-0.4, -0.2) is 29.0 Å². The molecule has 2 aromatic heterocycles. The minimum atomic E-state index is 0.0542. The molecule has 0 aliphatic carbocycles. The Hall–Kier alpha value is -1.69. The molecular formula is C13H18N4OS. The van der Waals surface area contributed by atoms with Crippen LogP contribution in [0, 0.1) is 13.8 Å². The summed E-state index contributed by atoms with van der Waals surface area (Å²) in [6.07, 6.45) is 2.01. The molecule has 2 heterocycles. The van der Waals surface area contributed by atoms with Crippen molar-refractivity contribution in [1.82, 2.24) is 15.3 Å². The fourth-order valence-electron chi connectivity index (χ4n) is 1.90. The lowest BCUT2D eigenvalue weighted by Gasteiger charge is -2.07. The highest BCUT2D eigenvalue weighted by Crippen LogP contribution is 2.32. The lowest BCUT2D eigenvalue weighted by atomic mass is 10.2. The molecule has 0 saturated carbocycles. The summed E-state index contributed by atoms with van der Waals surface area (Å²) < 4.78 is 0. The van der Waals surface area contributed by atoms with Crippen LogP contribution < -0.4 is 10.6 Å². The highest BCUT2D eigenvalue weighted by atomic mass is 32.1. The van der Waals surface area contributed by atoms with Crippen molar-refractivity contribution >= 4 is 33.3 Å². The zero-order valence-electron chi connectivity index (χ0n) is 11.4. The van der Waals surface area contributed by atoms with Gasteiger partial charge in [0.2, 0.25) is 5.91 Å². The SMILES string of the molecule is CCNC(=O)CCNc1ncnc2sc(C)c(C)c12. The van der Waals surface area contributed by atoms with E-state index in [0.717, 1.165) is 16.0 Å². The van der Waals surface area contributed by atoms with Gasteiger partial charge in [-0.3, -0.25) is 4.79 Å². The van der Waals surface area contributed by atoms with Crippen LogP contribution in [0.5, 0.6) is 0 Å². The van der Waals surface area contributed by atoms with Crippen molar-refractivity contribution in [1.29, 1.82) is 0 Å². The number of hydrogen-bond donors (Lipinski definition) is 2. The van der Waals surface area contributed by atoms with Crippen molar-refractivity contribution in [3.8, 4) is 0 Å². The Morgan fingerprint density at radius 2 is 2.16 bits per heavy atom. The van der Waals surface area contributed by atoms with E-state index in [1.54, 1.807) is 17.7 Å². The molecule has 0 aliphatic heterocycles. The molecule has 1 amide bonds. The van der Waals surface area contributed by atoms with Crippen LogP contribution in [-0.2, 0) is 4.79 Å². The third-order valence-corrected chi connectivity index (χ3v) is 4.10. The molecule has 6 heteroatoms. The predicted octanol–water partition coefficient (Wildman–Crippen LogP) is 2.25. The third-order valence-electron chi connectivity index (χ3n) is 2.98.